The van der Waals surface area contributed by atoms with Crippen LogP contribution in [-0.4, -0.2) is 25.5 Å². The van der Waals surface area contributed by atoms with Crippen LogP contribution in [0, 0.1) is 11.8 Å². The van der Waals surface area contributed by atoms with E-state index in [9.17, 15) is 9.59 Å². The zero-order chi connectivity index (χ0) is 19.5. The first kappa shape index (κ1) is 18.5. The lowest BCUT2D eigenvalue weighted by molar-refractivity contribution is -0.126. The maximum atomic E-state index is 13.0. The molecule has 146 valence electrons. The van der Waals surface area contributed by atoms with Crippen molar-refractivity contribution in [2.24, 2.45) is 11.8 Å². The lowest BCUT2D eigenvalue weighted by Crippen LogP contribution is -2.38. The number of amides is 2. The summed E-state index contributed by atoms with van der Waals surface area (Å²) in [6.07, 6.45) is 3.95. The summed E-state index contributed by atoms with van der Waals surface area (Å²) >= 11 is 0. The molecule has 5 nitrogen and oxygen atoms in total. The molecule has 0 atom stereocenters. The van der Waals surface area contributed by atoms with Crippen LogP contribution in [-0.2, 0) is 16.0 Å². The van der Waals surface area contributed by atoms with E-state index < -0.39 is 0 Å². The fraction of sp³-hybridized carbons (Fsp3) is 0.391. The monoisotopic (exact) mass is 378 g/mol. The Morgan fingerprint density at radius 1 is 0.964 bits per heavy atom. The van der Waals surface area contributed by atoms with Crippen molar-refractivity contribution in [2.45, 2.75) is 32.1 Å². The van der Waals surface area contributed by atoms with Gasteiger partial charge in [0.1, 0.15) is 5.75 Å². The van der Waals surface area contributed by atoms with Crippen molar-refractivity contribution in [3.05, 3.63) is 54.1 Å². The van der Waals surface area contributed by atoms with Crippen LogP contribution in [0.15, 0.2) is 48.5 Å². The van der Waals surface area contributed by atoms with Gasteiger partial charge in [0, 0.05) is 24.1 Å². The molecule has 1 fully saturated rings. The third-order valence-electron chi connectivity index (χ3n) is 5.97. The van der Waals surface area contributed by atoms with E-state index >= 15 is 0 Å². The molecule has 0 spiro atoms. The number of fused-ring (bicyclic) bond motifs is 1. The first-order valence-corrected chi connectivity index (χ1v) is 10.0. The zero-order valence-corrected chi connectivity index (χ0v) is 16.2. The quantitative estimate of drug-likeness (QED) is 0.874. The molecule has 2 aromatic rings. The van der Waals surface area contributed by atoms with Gasteiger partial charge in [-0.15, -0.1) is 0 Å². The van der Waals surface area contributed by atoms with Crippen LogP contribution >= 0.6 is 0 Å². The van der Waals surface area contributed by atoms with E-state index in [2.05, 4.69) is 11.4 Å². The van der Waals surface area contributed by atoms with Crippen molar-refractivity contribution in [1.82, 2.24) is 0 Å². The Morgan fingerprint density at radius 2 is 1.64 bits per heavy atom. The molecule has 1 N–H and O–H groups in total. The highest BCUT2D eigenvalue weighted by atomic mass is 16.5. The summed E-state index contributed by atoms with van der Waals surface area (Å²) < 4.78 is 5.30. The number of para-hydroxylation sites is 3. The number of hydrogen-bond acceptors (Lipinski definition) is 3. The van der Waals surface area contributed by atoms with Crippen molar-refractivity contribution in [2.75, 3.05) is 23.9 Å². The van der Waals surface area contributed by atoms with Crippen LogP contribution in [0.25, 0.3) is 0 Å². The van der Waals surface area contributed by atoms with Gasteiger partial charge in [-0.2, -0.15) is 0 Å². The number of carbonyl (C=O) groups excluding carboxylic acids is 2. The minimum Gasteiger partial charge on any atom is -0.495 e. The van der Waals surface area contributed by atoms with E-state index in [0.717, 1.165) is 44.3 Å². The van der Waals surface area contributed by atoms with E-state index in [4.69, 9.17) is 4.74 Å². The predicted molar refractivity (Wildman–Crippen MR) is 110 cm³/mol. The molecule has 1 saturated carbocycles. The summed E-state index contributed by atoms with van der Waals surface area (Å²) in [5.41, 5.74) is 3.01. The molecule has 2 aromatic carbocycles. The molecular weight excluding hydrogens is 352 g/mol. The molecule has 0 aromatic heterocycles. The summed E-state index contributed by atoms with van der Waals surface area (Å²) in [5, 5.41) is 2.98. The van der Waals surface area contributed by atoms with Crippen LogP contribution in [0.4, 0.5) is 11.4 Å². The summed E-state index contributed by atoms with van der Waals surface area (Å²) in [4.78, 5) is 27.6. The SMILES string of the molecule is COc1ccccc1NC(=O)C1CCC(C(=O)N2CCc3ccccc32)CC1. The molecule has 1 heterocycles. The smallest absolute Gasteiger partial charge is 0.230 e. The van der Waals surface area contributed by atoms with Gasteiger partial charge in [-0.3, -0.25) is 9.59 Å². The van der Waals surface area contributed by atoms with Crippen LogP contribution < -0.4 is 15.0 Å². The number of carbonyl (C=O) groups is 2. The number of rotatable bonds is 4. The average Bonchev–Trinajstić information content (AvgIpc) is 3.18. The summed E-state index contributed by atoms with van der Waals surface area (Å²) in [5.74, 6) is 0.851. The van der Waals surface area contributed by atoms with Crippen molar-refractivity contribution < 1.29 is 14.3 Å². The number of nitrogens with zero attached hydrogens (tertiary/aromatic N) is 1. The Kier molecular flexibility index (Phi) is 5.33. The Labute approximate surface area is 165 Å². The molecule has 0 bridgehead atoms. The van der Waals surface area contributed by atoms with Crippen molar-refractivity contribution in [3.8, 4) is 5.75 Å². The average molecular weight is 378 g/mol. The molecule has 1 aliphatic carbocycles. The number of anilines is 2. The van der Waals surface area contributed by atoms with Gasteiger partial charge in [0.2, 0.25) is 11.8 Å². The number of hydrogen-bond donors (Lipinski definition) is 1. The minimum atomic E-state index is -0.0557. The molecule has 2 aliphatic rings. The van der Waals surface area contributed by atoms with E-state index in [1.165, 1.54) is 5.56 Å². The topological polar surface area (TPSA) is 58.6 Å². The van der Waals surface area contributed by atoms with E-state index in [0.29, 0.717) is 11.4 Å². The molecule has 28 heavy (non-hydrogen) atoms. The van der Waals surface area contributed by atoms with Gasteiger partial charge >= 0.3 is 0 Å². The highest BCUT2D eigenvalue weighted by Gasteiger charge is 2.34. The van der Waals surface area contributed by atoms with Crippen LogP contribution in [0.1, 0.15) is 31.2 Å². The lowest BCUT2D eigenvalue weighted by atomic mass is 9.81. The van der Waals surface area contributed by atoms with Gasteiger partial charge in [0.25, 0.3) is 0 Å². The molecule has 0 saturated heterocycles. The van der Waals surface area contributed by atoms with Gasteiger partial charge in [-0.1, -0.05) is 30.3 Å². The summed E-state index contributed by atoms with van der Waals surface area (Å²) in [6.45, 7) is 0.770. The second-order valence-corrected chi connectivity index (χ2v) is 7.61. The van der Waals surface area contributed by atoms with Gasteiger partial charge in [0.05, 0.1) is 12.8 Å². The van der Waals surface area contributed by atoms with Crippen LogP contribution in [0.2, 0.25) is 0 Å². The van der Waals surface area contributed by atoms with Gasteiger partial charge in [-0.05, 0) is 55.9 Å². The second kappa shape index (κ2) is 8.05. The van der Waals surface area contributed by atoms with Gasteiger partial charge in [-0.25, -0.2) is 0 Å². The molecular formula is C23H26N2O3. The van der Waals surface area contributed by atoms with E-state index in [1.807, 2.05) is 47.4 Å². The molecule has 0 radical (unpaired) electrons. The molecule has 1 aliphatic heterocycles. The first-order chi connectivity index (χ1) is 13.7. The predicted octanol–water partition coefficient (Wildman–Crippen LogP) is 4.03. The zero-order valence-electron chi connectivity index (χ0n) is 16.2. The number of methoxy groups -OCH3 is 1. The molecule has 2 amide bonds. The largest absolute Gasteiger partial charge is 0.495 e. The van der Waals surface area contributed by atoms with Crippen molar-refractivity contribution in [1.29, 1.82) is 0 Å². The summed E-state index contributed by atoms with van der Waals surface area (Å²) in [6, 6.07) is 15.6. The normalized spacial score (nSPS) is 21.1. The maximum absolute atomic E-state index is 13.0. The Balaban J connectivity index is 1.34. The maximum Gasteiger partial charge on any atom is 0.230 e. The van der Waals surface area contributed by atoms with E-state index in [1.54, 1.807) is 7.11 Å². The van der Waals surface area contributed by atoms with Gasteiger partial charge < -0.3 is 15.0 Å². The van der Waals surface area contributed by atoms with Crippen molar-refractivity contribution in [3.63, 3.8) is 0 Å². The fourth-order valence-electron chi connectivity index (χ4n) is 4.37. The Bertz CT molecular complexity index is 872. The Hall–Kier alpha value is -2.82. The van der Waals surface area contributed by atoms with Gasteiger partial charge in [0.15, 0.2) is 0 Å². The first-order valence-electron chi connectivity index (χ1n) is 10.0. The third-order valence-corrected chi connectivity index (χ3v) is 5.97. The lowest BCUT2D eigenvalue weighted by Gasteiger charge is -2.30. The fourth-order valence-corrected chi connectivity index (χ4v) is 4.37. The minimum absolute atomic E-state index is 0.0152. The molecule has 0 unspecified atom stereocenters. The number of benzene rings is 2. The van der Waals surface area contributed by atoms with E-state index in [-0.39, 0.29) is 23.7 Å². The van der Waals surface area contributed by atoms with Crippen molar-refractivity contribution >= 4 is 23.2 Å². The summed E-state index contributed by atoms with van der Waals surface area (Å²) in [7, 11) is 1.60. The third kappa shape index (κ3) is 3.61. The highest BCUT2D eigenvalue weighted by Crippen LogP contribution is 2.35. The molecule has 4 rings (SSSR count). The molecule has 5 heteroatoms. The highest BCUT2D eigenvalue weighted by molar-refractivity contribution is 5.97. The number of nitrogens with one attached hydrogen (secondary N) is 1. The standard InChI is InChI=1S/C23H26N2O3/c1-28-21-9-5-3-7-19(21)24-22(26)17-10-12-18(13-11-17)23(27)25-15-14-16-6-2-4-8-20(16)25/h2-9,17-18H,10-15H2,1H3,(H,24,26). The second-order valence-electron chi connectivity index (χ2n) is 7.61. The van der Waals surface area contributed by atoms with Crippen LogP contribution in [0.3, 0.4) is 0 Å². The Morgan fingerprint density at radius 3 is 2.43 bits per heavy atom. The van der Waals surface area contributed by atoms with Crippen LogP contribution in [0.5, 0.6) is 5.75 Å². The number of ether oxygens (including phenoxy) is 1.